The van der Waals surface area contributed by atoms with Crippen molar-refractivity contribution in [3.63, 3.8) is 0 Å². The van der Waals surface area contributed by atoms with Crippen LogP contribution in [0.15, 0.2) is 65.3 Å². The van der Waals surface area contributed by atoms with Gasteiger partial charge in [-0.05, 0) is 54.4 Å². The van der Waals surface area contributed by atoms with Gasteiger partial charge in [0.1, 0.15) is 5.82 Å². The highest BCUT2D eigenvalue weighted by Gasteiger charge is 2.14. The predicted molar refractivity (Wildman–Crippen MR) is 128 cm³/mol. The van der Waals surface area contributed by atoms with E-state index in [1.165, 1.54) is 22.9 Å². The molecule has 0 aliphatic carbocycles. The molecule has 2 aromatic carbocycles. The van der Waals surface area contributed by atoms with Crippen LogP contribution in [0.5, 0.6) is 0 Å². The lowest BCUT2D eigenvalue weighted by molar-refractivity contribution is 0.102. The second-order valence-corrected chi connectivity index (χ2v) is 7.59. The Hall–Kier alpha value is -5.00. The quantitative estimate of drug-likeness (QED) is 0.260. The number of nitrogen functional groups attached to an aromatic ring is 2. The molecule has 0 bridgehead atoms. The number of nitrogens with two attached hydrogens (primary N) is 2. The number of hydrogen-bond acceptors (Lipinski definition) is 9. The molecule has 0 radical (unpaired) electrons. The van der Waals surface area contributed by atoms with Gasteiger partial charge < -0.3 is 26.5 Å². The molecule has 12 heteroatoms. The fourth-order valence-corrected chi connectivity index (χ4v) is 3.38. The highest BCUT2D eigenvalue weighted by Crippen LogP contribution is 2.20. The maximum absolute atomic E-state index is 13.2. The van der Waals surface area contributed by atoms with Gasteiger partial charge in [0.15, 0.2) is 5.76 Å². The van der Waals surface area contributed by atoms with Crippen LogP contribution in [0.2, 0.25) is 0 Å². The molecule has 0 unspecified atom stereocenters. The monoisotopic (exact) mass is 473 g/mol. The van der Waals surface area contributed by atoms with Gasteiger partial charge >= 0.3 is 0 Å². The minimum atomic E-state index is -0.466. The number of halogens is 1. The number of carbonyl (C=O) groups excluding carboxylic acids is 1. The van der Waals surface area contributed by atoms with Crippen molar-refractivity contribution in [2.45, 2.75) is 6.42 Å². The molecule has 0 atom stereocenters. The average molecular weight is 473 g/mol. The molecule has 0 saturated carbocycles. The van der Waals surface area contributed by atoms with Crippen molar-refractivity contribution in [3.05, 3.63) is 77.8 Å². The molecule has 5 rings (SSSR count). The van der Waals surface area contributed by atoms with Gasteiger partial charge in [0.25, 0.3) is 11.7 Å². The van der Waals surface area contributed by atoms with Crippen LogP contribution in [-0.4, -0.2) is 37.0 Å². The summed E-state index contributed by atoms with van der Waals surface area (Å²) >= 11 is 0. The first kappa shape index (κ1) is 21.8. The molecule has 35 heavy (non-hydrogen) atoms. The van der Waals surface area contributed by atoms with Crippen LogP contribution in [0.25, 0.3) is 17.4 Å². The van der Waals surface area contributed by atoms with Crippen LogP contribution in [0.4, 0.5) is 27.7 Å². The van der Waals surface area contributed by atoms with Crippen molar-refractivity contribution >= 4 is 35.0 Å². The molecule has 5 aromatic rings. The van der Waals surface area contributed by atoms with Crippen LogP contribution >= 0.6 is 0 Å². The van der Waals surface area contributed by atoms with E-state index in [1.54, 1.807) is 24.3 Å². The molecule has 176 valence electrons. The zero-order valence-electron chi connectivity index (χ0n) is 18.3. The lowest BCUT2D eigenvalue weighted by Gasteiger charge is -2.09. The highest BCUT2D eigenvalue weighted by atomic mass is 19.1. The van der Waals surface area contributed by atoms with Gasteiger partial charge in [-0.15, -0.1) is 5.10 Å². The standard InChI is InChI=1S/C23H20FN9O2/c24-15-7-8-17(16(25)12-15)28-20(34)14-5-3-13(4-6-14)9-10-27-22-30-21(26)33-23(31-22)29-19(32-33)18-2-1-11-35-18/h1-8,11-12H,9-10,25H2,(H,28,34)(H3,26,27,29,30,31,32). The van der Waals surface area contributed by atoms with Gasteiger partial charge in [-0.25, -0.2) is 4.39 Å². The van der Waals surface area contributed by atoms with Crippen LogP contribution in [0.3, 0.4) is 0 Å². The number of furan rings is 1. The first-order valence-electron chi connectivity index (χ1n) is 10.6. The topological polar surface area (TPSA) is 162 Å². The molecular weight excluding hydrogens is 453 g/mol. The van der Waals surface area contributed by atoms with Crippen LogP contribution < -0.4 is 22.1 Å². The van der Waals surface area contributed by atoms with Gasteiger partial charge in [-0.2, -0.15) is 19.5 Å². The van der Waals surface area contributed by atoms with Gasteiger partial charge in [-0.3, -0.25) is 4.79 Å². The summed E-state index contributed by atoms with van der Waals surface area (Å²) in [5.74, 6) is 0.811. The van der Waals surface area contributed by atoms with E-state index in [0.717, 1.165) is 11.6 Å². The van der Waals surface area contributed by atoms with Crippen molar-refractivity contribution in [2.75, 3.05) is 28.6 Å². The van der Waals surface area contributed by atoms with Crippen LogP contribution in [0, 0.1) is 5.82 Å². The lowest BCUT2D eigenvalue weighted by Crippen LogP contribution is -2.14. The fourth-order valence-electron chi connectivity index (χ4n) is 3.38. The van der Waals surface area contributed by atoms with Crippen molar-refractivity contribution in [1.29, 1.82) is 0 Å². The number of fused-ring (bicyclic) bond motifs is 1. The Labute approximate surface area is 198 Å². The molecule has 3 heterocycles. The first-order valence-corrected chi connectivity index (χ1v) is 10.6. The maximum atomic E-state index is 13.2. The summed E-state index contributed by atoms with van der Waals surface area (Å²) in [7, 11) is 0. The Kier molecular flexibility index (Phi) is 5.67. The molecule has 0 aliphatic heterocycles. The molecule has 1 amide bonds. The van der Waals surface area contributed by atoms with Crippen LogP contribution in [-0.2, 0) is 6.42 Å². The van der Waals surface area contributed by atoms with E-state index in [-0.39, 0.29) is 17.5 Å². The Morgan fingerprint density at radius 2 is 1.89 bits per heavy atom. The number of anilines is 4. The van der Waals surface area contributed by atoms with Crippen LogP contribution in [0.1, 0.15) is 15.9 Å². The molecule has 0 spiro atoms. The summed E-state index contributed by atoms with van der Waals surface area (Å²) in [6.45, 7) is 0.520. The number of nitrogens with zero attached hydrogens (tertiary/aromatic N) is 5. The average Bonchev–Trinajstić information content (AvgIpc) is 3.52. The molecule has 3 aromatic heterocycles. The van der Waals surface area contributed by atoms with E-state index in [9.17, 15) is 9.18 Å². The van der Waals surface area contributed by atoms with E-state index in [4.69, 9.17) is 15.9 Å². The third-order valence-electron chi connectivity index (χ3n) is 5.15. The number of aromatic nitrogens is 5. The molecule has 6 N–H and O–H groups in total. The van der Waals surface area contributed by atoms with E-state index in [1.807, 2.05) is 12.1 Å². The normalized spacial score (nSPS) is 11.0. The van der Waals surface area contributed by atoms with Crippen molar-refractivity contribution < 1.29 is 13.6 Å². The minimum Gasteiger partial charge on any atom is -0.461 e. The Morgan fingerprint density at radius 3 is 2.63 bits per heavy atom. The largest absolute Gasteiger partial charge is 0.461 e. The lowest BCUT2D eigenvalue weighted by atomic mass is 10.1. The first-order chi connectivity index (χ1) is 17.0. The second-order valence-electron chi connectivity index (χ2n) is 7.59. The molecular formula is C23H20FN9O2. The molecule has 0 saturated heterocycles. The summed E-state index contributed by atoms with van der Waals surface area (Å²) in [4.78, 5) is 25.4. The van der Waals surface area contributed by atoms with E-state index >= 15 is 0 Å². The summed E-state index contributed by atoms with van der Waals surface area (Å²) in [5.41, 5.74) is 13.7. The number of hydrogen-bond donors (Lipinski definition) is 4. The van der Waals surface area contributed by atoms with Gasteiger partial charge in [0, 0.05) is 12.1 Å². The third kappa shape index (κ3) is 4.71. The number of amides is 1. The van der Waals surface area contributed by atoms with Crippen molar-refractivity contribution in [3.8, 4) is 11.6 Å². The summed E-state index contributed by atoms with van der Waals surface area (Å²) in [5, 5.41) is 10.1. The Morgan fingerprint density at radius 1 is 1.06 bits per heavy atom. The molecule has 11 nitrogen and oxygen atoms in total. The number of benzene rings is 2. The summed E-state index contributed by atoms with van der Waals surface area (Å²) < 4.78 is 19.8. The second kappa shape index (κ2) is 9.09. The minimum absolute atomic E-state index is 0.139. The van der Waals surface area contributed by atoms with Gasteiger partial charge in [0.05, 0.1) is 17.6 Å². The highest BCUT2D eigenvalue weighted by molar-refractivity contribution is 6.05. The van der Waals surface area contributed by atoms with Crippen molar-refractivity contribution in [1.82, 2.24) is 24.6 Å². The maximum Gasteiger partial charge on any atom is 0.259 e. The number of nitrogens with one attached hydrogen (secondary N) is 2. The van der Waals surface area contributed by atoms with E-state index < -0.39 is 5.82 Å². The number of carbonyl (C=O) groups is 1. The SMILES string of the molecule is Nc1cc(F)ccc1NC(=O)c1ccc(CCNc2nc(N)n3nc(-c4ccco4)nc3n2)cc1. The zero-order valence-corrected chi connectivity index (χ0v) is 18.3. The van der Waals surface area contributed by atoms with Crippen molar-refractivity contribution in [2.24, 2.45) is 0 Å². The Bertz CT molecular complexity index is 1500. The zero-order chi connectivity index (χ0) is 24.4. The summed E-state index contributed by atoms with van der Waals surface area (Å²) in [6.07, 6.45) is 2.18. The number of rotatable bonds is 7. The van der Waals surface area contributed by atoms with Gasteiger partial charge in [-0.1, -0.05) is 12.1 Å². The fraction of sp³-hybridized carbons (Fsp3) is 0.0870. The van der Waals surface area contributed by atoms with E-state index in [2.05, 4.69) is 30.7 Å². The van der Waals surface area contributed by atoms with E-state index in [0.29, 0.717) is 47.5 Å². The predicted octanol–water partition coefficient (Wildman–Crippen LogP) is 2.99. The smallest absolute Gasteiger partial charge is 0.259 e. The molecule has 0 fully saturated rings. The van der Waals surface area contributed by atoms with Gasteiger partial charge in [0.2, 0.25) is 17.7 Å². The Balaban J connectivity index is 1.20. The third-order valence-corrected chi connectivity index (χ3v) is 5.15. The summed E-state index contributed by atoms with van der Waals surface area (Å²) in [6, 6.07) is 14.4. The molecule has 0 aliphatic rings.